The Morgan fingerprint density at radius 1 is 1.04 bits per heavy atom. The fourth-order valence-electron chi connectivity index (χ4n) is 2.11. The zero-order valence-corrected chi connectivity index (χ0v) is 14.4. The first-order chi connectivity index (χ1) is 12.5. The minimum absolute atomic E-state index is 0.336. The highest BCUT2D eigenvalue weighted by molar-refractivity contribution is 6.33. The van der Waals surface area contributed by atoms with E-state index >= 15 is 0 Å². The van der Waals surface area contributed by atoms with E-state index in [9.17, 15) is 19.5 Å². The number of carbonyl (C=O) groups is 3. The summed E-state index contributed by atoms with van der Waals surface area (Å²) in [7, 11) is 0. The molecule has 2 aromatic rings. The van der Waals surface area contributed by atoms with Crippen LogP contribution in [0.2, 0.25) is 5.02 Å². The van der Waals surface area contributed by atoms with Crippen molar-refractivity contribution in [3.63, 3.8) is 0 Å². The Hall–Kier alpha value is -3.12. The van der Waals surface area contributed by atoms with E-state index in [0.29, 0.717) is 10.7 Å². The number of amides is 2. The van der Waals surface area contributed by atoms with Crippen LogP contribution in [0.4, 0.5) is 5.69 Å². The number of benzene rings is 2. The first-order valence-electron chi connectivity index (χ1n) is 7.76. The highest BCUT2D eigenvalue weighted by Gasteiger charge is 2.22. The molecule has 0 saturated heterocycles. The predicted molar refractivity (Wildman–Crippen MR) is 99.7 cm³/mol. The Balaban J connectivity index is 1.94. The standard InChI is InChI=1S/C19H17ClN2O4/c20-14-8-4-5-9-15(14)21-18(24)12-16(19(25)26)22-17(23)11-10-13-6-2-1-3-7-13/h1-11,16H,12H2,(H,21,24)(H,22,23)(H,25,26)/b11-10+/t16-/m1/s1. The maximum Gasteiger partial charge on any atom is 0.326 e. The maximum absolute atomic E-state index is 12.0. The SMILES string of the molecule is O=C(/C=C/c1ccccc1)N[C@H](CC(=O)Nc1ccccc1Cl)C(=O)O. The van der Waals surface area contributed by atoms with Crippen LogP contribution in [-0.2, 0) is 14.4 Å². The molecule has 2 rings (SSSR count). The van der Waals surface area contributed by atoms with Crippen molar-refractivity contribution in [2.24, 2.45) is 0 Å². The lowest BCUT2D eigenvalue weighted by atomic mass is 10.1. The molecule has 134 valence electrons. The Kier molecular flexibility index (Phi) is 6.93. The summed E-state index contributed by atoms with van der Waals surface area (Å²) in [6, 6.07) is 14.3. The van der Waals surface area contributed by atoms with E-state index in [1.807, 2.05) is 18.2 Å². The van der Waals surface area contributed by atoms with Crippen molar-refractivity contribution in [1.82, 2.24) is 5.32 Å². The average molecular weight is 373 g/mol. The number of halogens is 1. The molecule has 0 radical (unpaired) electrons. The lowest BCUT2D eigenvalue weighted by Crippen LogP contribution is -2.42. The third kappa shape index (κ3) is 6.07. The molecule has 3 N–H and O–H groups in total. The highest BCUT2D eigenvalue weighted by Crippen LogP contribution is 2.20. The van der Waals surface area contributed by atoms with E-state index in [2.05, 4.69) is 10.6 Å². The van der Waals surface area contributed by atoms with Crippen molar-refractivity contribution in [2.45, 2.75) is 12.5 Å². The van der Waals surface area contributed by atoms with Crippen molar-refractivity contribution < 1.29 is 19.5 Å². The number of aliphatic carboxylic acids is 1. The maximum atomic E-state index is 12.0. The van der Waals surface area contributed by atoms with Gasteiger partial charge in [0, 0.05) is 6.08 Å². The van der Waals surface area contributed by atoms with E-state index < -0.39 is 30.2 Å². The summed E-state index contributed by atoms with van der Waals surface area (Å²) in [6.07, 6.45) is 2.35. The molecule has 2 aromatic carbocycles. The van der Waals surface area contributed by atoms with Gasteiger partial charge in [-0.05, 0) is 23.8 Å². The summed E-state index contributed by atoms with van der Waals surface area (Å²) >= 11 is 5.94. The number of rotatable bonds is 7. The zero-order valence-electron chi connectivity index (χ0n) is 13.7. The summed E-state index contributed by atoms with van der Waals surface area (Å²) < 4.78 is 0. The topological polar surface area (TPSA) is 95.5 Å². The van der Waals surface area contributed by atoms with E-state index in [-0.39, 0.29) is 0 Å². The largest absolute Gasteiger partial charge is 0.480 e. The van der Waals surface area contributed by atoms with Crippen LogP contribution in [0.15, 0.2) is 60.7 Å². The summed E-state index contributed by atoms with van der Waals surface area (Å²) in [6.45, 7) is 0. The highest BCUT2D eigenvalue weighted by atomic mass is 35.5. The van der Waals surface area contributed by atoms with Crippen LogP contribution in [0, 0.1) is 0 Å². The normalized spacial score (nSPS) is 11.7. The molecule has 0 aliphatic rings. The molecule has 1 atom stereocenters. The fraction of sp³-hybridized carbons (Fsp3) is 0.105. The van der Waals surface area contributed by atoms with Gasteiger partial charge in [-0.1, -0.05) is 54.1 Å². The molecular formula is C19H17ClN2O4. The summed E-state index contributed by atoms with van der Waals surface area (Å²) in [5, 5.41) is 14.4. The fourth-order valence-corrected chi connectivity index (χ4v) is 2.29. The van der Waals surface area contributed by atoms with Gasteiger partial charge >= 0.3 is 5.97 Å². The van der Waals surface area contributed by atoms with E-state index in [1.54, 1.807) is 42.5 Å². The molecular weight excluding hydrogens is 356 g/mol. The smallest absolute Gasteiger partial charge is 0.326 e. The van der Waals surface area contributed by atoms with E-state index in [0.717, 1.165) is 5.56 Å². The number of para-hydroxylation sites is 1. The van der Waals surface area contributed by atoms with Crippen LogP contribution < -0.4 is 10.6 Å². The number of hydrogen-bond acceptors (Lipinski definition) is 3. The zero-order chi connectivity index (χ0) is 18.9. The third-order valence-electron chi connectivity index (χ3n) is 3.38. The van der Waals surface area contributed by atoms with Gasteiger partial charge in [0.25, 0.3) is 0 Å². The van der Waals surface area contributed by atoms with Crippen LogP contribution >= 0.6 is 11.6 Å². The van der Waals surface area contributed by atoms with Gasteiger partial charge in [-0.15, -0.1) is 0 Å². The van der Waals surface area contributed by atoms with Gasteiger partial charge in [0.15, 0.2) is 0 Å². The second kappa shape index (κ2) is 9.39. The van der Waals surface area contributed by atoms with Gasteiger partial charge < -0.3 is 15.7 Å². The number of nitrogens with one attached hydrogen (secondary N) is 2. The van der Waals surface area contributed by atoms with E-state index in [1.165, 1.54) is 6.08 Å². The molecule has 2 amide bonds. The van der Waals surface area contributed by atoms with Crippen molar-refractivity contribution in [1.29, 1.82) is 0 Å². The minimum atomic E-state index is -1.36. The van der Waals surface area contributed by atoms with Crippen molar-refractivity contribution in [3.8, 4) is 0 Å². The van der Waals surface area contributed by atoms with Crippen LogP contribution in [0.5, 0.6) is 0 Å². The van der Waals surface area contributed by atoms with E-state index in [4.69, 9.17) is 11.6 Å². The van der Waals surface area contributed by atoms with Gasteiger partial charge in [-0.3, -0.25) is 9.59 Å². The first kappa shape index (κ1) is 19.2. The minimum Gasteiger partial charge on any atom is -0.480 e. The first-order valence-corrected chi connectivity index (χ1v) is 8.14. The predicted octanol–water partition coefficient (Wildman–Crippen LogP) is 2.95. The van der Waals surface area contributed by atoms with Crippen LogP contribution in [-0.4, -0.2) is 28.9 Å². The Bertz CT molecular complexity index is 821. The van der Waals surface area contributed by atoms with Gasteiger partial charge in [-0.25, -0.2) is 4.79 Å². The van der Waals surface area contributed by atoms with Gasteiger partial charge in [0.2, 0.25) is 11.8 Å². The Morgan fingerprint density at radius 2 is 1.69 bits per heavy atom. The van der Waals surface area contributed by atoms with Gasteiger partial charge in [0.1, 0.15) is 6.04 Å². The number of carboxylic acid groups (broad SMARTS) is 1. The van der Waals surface area contributed by atoms with Crippen molar-refractivity contribution in [3.05, 3.63) is 71.3 Å². The molecule has 6 nitrogen and oxygen atoms in total. The lowest BCUT2D eigenvalue weighted by molar-refractivity contribution is -0.142. The van der Waals surface area contributed by atoms with Crippen molar-refractivity contribution in [2.75, 3.05) is 5.32 Å². The summed E-state index contributed by atoms with van der Waals surface area (Å²) in [5.74, 6) is -2.48. The average Bonchev–Trinajstić information content (AvgIpc) is 2.62. The third-order valence-corrected chi connectivity index (χ3v) is 3.71. The lowest BCUT2D eigenvalue weighted by Gasteiger charge is -2.13. The molecule has 26 heavy (non-hydrogen) atoms. The van der Waals surface area contributed by atoms with Crippen LogP contribution in [0.1, 0.15) is 12.0 Å². The van der Waals surface area contributed by atoms with Crippen LogP contribution in [0.25, 0.3) is 6.08 Å². The Labute approximate surface area is 155 Å². The quantitative estimate of drug-likeness (QED) is 0.651. The molecule has 0 aliphatic carbocycles. The van der Waals surface area contributed by atoms with Crippen LogP contribution in [0.3, 0.4) is 0 Å². The number of carboxylic acids is 1. The van der Waals surface area contributed by atoms with Crippen molar-refractivity contribution >= 4 is 41.1 Å². The molecule has 0 heterocycles. The molecule has 0 fully saturated rings. The second-order valence-electron chi connectivity index (χ2n) is 5.38. The second-order valence-corrected chi connectivity index (χ2v) is 5.78. The molecule has 0 bridgehead atoms. The molecule has 0 unspecified atom stereocenters. The monoisotopic (exact) mass is 372 g/mol. The number of anilines is 1. The molecule has 0 spiro atoms. The number of carbonyl (C=O) groups excluding carboxylic acids is 2. The van der Waals surface area contributed by atoms with Gasteiger partial charge in [0.05, 0.1) is 17.1 Å². The summed E-state index contributed by atoms with van der Waals surface area (Å²) in [5.41, 5.74) is 1.17. The molecule has 0 aliphatic heterocycles. The molecule has 7 heteroatoms. The summed E-state index contributed by atoms with van der Waals surface area (Å²) in [4.78, 5) is 35.3. The molecule has 0 saturated carbocycles. The Morgan fingerprint density at radius 3 is 2.35 bits per heavy atom. The van der Waals surface area contributed by atoms with Gasteiger partial charge in [-0.2, -0.15) is 0 Å². The number of hydrogen-bond donors (Lipinski definition) is 3. The molecule has 0 aromatic heterocycles.